The fraction of sp³-hybridized carbons (Fsp3) is 0.479. The normalized spacial score (nSPS) is 20.6. The lowest BCUT2D eigenvalue weighted by atomic mass is 9.67. The molecule has 0 saturated heterocycles. The number of rotatable bonds is 24. The highest BCUT2D eigenvalue weighted by atomic mass is 16.7. The fourth-order valence-corrected chi connectivity index (χ4v) is 18.2. The van der Waals surface area contributed by atoms with Crippen LogP contribution in [0.1, 0.15) is 194 Å². The van der Waals surface area contributed by atoms with Crippen molar-refractivity contribution in [2.75, 3.05) is 21.3 Å². The van der Waals surface area contributed by atoms with Crippen LogP contribution in [-0.2, 0) is 83.2 Å². The molecule has 13 N–H and O–H groups in total. The van der Waals surface area contributed by atoms with Crippen molar-refractivity contribution in [2.24, 2.45) is 86.2 Å². The average molecular weight is 1670 g/mol. The van der Waals surface area contributed by atoms with Crippen molar-refractivity contribution in [1.82, 2.24) is 31.1 Å². The van der Waals surface area contributed by atoms with Crippen molar-refractivity contribution in [1.29, 1.82) is 0 Å². The van der Waals surface area contributed by atoms with Gasteiger partial charge in [0.2, 0.25) is 53.2 Å². The number of carbonyl (C=O) groups excluding carboxylic acids is 12. The number of aryl methyl sites for hydroxylation is 4. The maximum Gasteiger partial charge on any atom is 0.339 e. The predicted molar refractivity (Wildman–Crippen MR) is 471 cm³/mol. The maximum atomic E-state index is 13.3. The van der Waals surface area contributed by atoms with Gasteiger partial charge >= 0.3 is 5.97 Å². The molecule has 6 aromatic rings. The van der Waals surface area contributed by atoms with E-state index in [1.54, 1.807) is 26.0 Å². The van der Waals surface area contributed by atoms with Crippen LogP contribution in [0.5, 0.6) is 0 Å². The Morgan fingerprint density at radius 2 is 0.680 bits per heavy atom. The standard InChI is InChI=1S/C23H30N2O3.2C22H29N3O3.C19H23N3O3.C10H12N2O/c1-15(2)14-18(23(16(3)26)12-6-7-13-23)21(27)25-20-11-10-17-8-4-5-9-19(17)24-22(20)28;2*1-14(2)13-16(22(21(23)28)11-5-6-12-22)19(26)25-18-10-9-15-7-3-4-8-17(15)24-20(18)27;1-13(2)12-15(19(14(3)23)10-6-7-11-19)18(24)25-22-17-9-5-4-8-16(17)20-21-22;11-8-6-5-7-3-1-2-4-9(7)12-10(8)13/h4-9,15,18,20H,10-14H2,1-3H3,(H,24,28)(H,25,27);2*3-8,14,16,18H,9-13H2,1-2H3,(H2,23,28)(H,24,27)(H,25,26);4-9,13,15H,10-12H2,1-3H3;1-4,8H,5-6,11H2,(H,12,13)/t18-,20?;2*16-,18?;15-;/m0000./s1. The largest absolute Gasteiger partial charge is 0.369 e. The number of allylic oxidation sites excluding steroid dienone is 8. The Bertz CT molecular complexity index is 4590. The molecule has 650 valence electrons. The van der Waals surface area contributed by atoms with Gasteiger partial charge in [-0.05, 0) is 230 Å². The van der Waals surface area contributed by atoms with Gasteiger partial charge in [0.25, 0.3) is 0 Å². The molecule has 26 heteroatoms. The lowest BCUT2D eigenvalue weighted by Crippen LogP contribution is -2.52. The smallest absolute Gasteiger partial charge is 0.339 e. The zero-order chi connectivity index (χ0) is 88.2. The van der Waals surface area contributed by atoms with Crippen LogP contribution in [0.3, 0.4) is 0 Å². The van der Waals surface area contributed by atoms with E-state index in [1.807, 2.05) is 199 Å². The topological polar surface area (TPSA) is 407 Å². The summed E-state index contributed by atoms with van der Waals surface area (Å²) in [5.41, 5.74) is 22.9. The van der Waals surface area contributed by atoms with Gasteiger partial charge in [-0.1, -0.05) is 194 Å². The van der Waals surface area contributed by atoms with E-state index in [9.17, 15) is 57.5 Å². The minimum atomic E-state index is -0.904. The predicted octanol–water partition coefficient (Wildman–Crippen LogP) is 12.6. The highest BCUT2D eigenvalue weighted by molar-refractivity contribution is 6.03. The molecule has 0 spiro atoms. The van der Waals surface area contributed by atoms with Crippen molar-refractivity contribution in [3.8, 4) is 0 Å². The summed E-state index contributed by atoms with van der Waals surface area (Å²) in [5, 5.41) is 28.3. The summed E-state index contributed by atoms with van der Waals surface area (Å²) in [4.78, 5) is 158. The summed E-state index contributed by atoms with van der Waals surface area (Å²) >= 11 is 0. The first kappa shape index (κ1) is 92.7. The van der Waals surface area contributed by atoms with Crippen LogP contribution < -0.4 is 59.3 Å². The molecule has 8 aliphatic rings. The molecule has 5 heterocycles. The minimum Gasteiger partial charge on any atom is -0.369 e. The lowest BCUT2D eigenvalue weighted by Gasteiger charge is -2.36. The van der Waals surface area contributed by atoms with E-state index in [1.165, 1.54) is 5.56 Å². The summed E-state index contributed by atoms with van der Waals surface area (Å²) < 4.78 is 0. The molecule has 0 fully saturated rings. The number of benzene rings is 5. The molecule has 14 rings (SSSR count). The fourth-order valence-electron chi connectivity index (χ4n) is 18.2. The maximum absolute atomic E-state index is 13.3. The molecular formula is C96H123N13O13. The van der Waals surface area contributed by atoms with Crippen LogP contribution in [0.15, 0.2) is 170 Å². The van der Waals surface area contributed by atoms with Gasteiger partial charge in [0.15, 0.2) is 0 Å². The van der Waals surface area contributed by atoms with Crippen LogP contribution in [0.25, 0.3) is 11.0 Å². The Balaban J connectivity index is 0.000000162. The van der Waals surface area contributed by atoms with Gasteiger partial charge in [-0.2, -0.15) is 0 Å². The van der Waals surface area contributed by atoms with Crippen LogP contribution in [-0.4, -0.2) is 110 Å². The molecule has 26 nitrogen and oxygen atoms in total. The number of para-hydroxylation sites is 5. The van der Waals surface area contributed by atoms with Crippen LogP contribution in [0.2, 0.25) is 0 Å². The SMILES string of the molecule is CC(=O)C1([C@@H](CC(C)C)C(=O)NC2CCc3ccccc3NC2=O)CC=CC1.CC(=O)C1([C@@H](CC(C)C)C(=O)On2nnc3ccccc32)CC=CC1.CC(C)C[C@@H](C(=O)NC1CCc2ccccc2NC1=O)C1(C(N)=O)CC=CC1.CC(C)C[C@@H](C(=O)NC1CCc2ccccc2NC1=O)C1(C(N)=O)CC=CC1.NC1CCc2ccccc2NC1=O. The van der Waals surface area contributed by atoms with Crippen molar-refractivity contribution in [2.45, 2.75) is 222 Å². The van der Waals surface area contributed by atoms with E-state index in [0.717, 1.165) is 57.1 Å². The molecule has 9 amide bonds. The van der Waals surface area contributed by atoms with Crippen molar-refractivity contribution >= 4 is 104 Å². The molecule has 0 bridgehead atoms. The monoisotopic (exact) mass is 1670 g/mol. The second kappa shape index (κ2) is 41.8. The Kier molecular flexibility index (Phi) is 31.8. The number of nitrogens with two attached hydrogens (primary N) is 3. The third kappa shape index (κ3) is 22.4. The second-order valence-electron chi connectivity index (χ2n) is 35.6. The summed E-state index contributed by atoms with van der Waals surface area (Å²) in [6.07, 6.45) is 27.4. The number of aromatic nitrogens is 3. The summed E-state index contributed by atoms with van der Waals surface area (Å²) in [6.45, 7) is 19.4. The van der Waals surface area contributed by atoms with Crippen LogP contribution >= 0.6 is 0 Å². The molecule has 8 atom stereocenters. The highest BCUT2D eigenvalue weighted by Crippen LogP contribution is 2.48. The minimum absolute atomic E-state index is 0.0311. The number of primary amides is 2. The van der Waals surface area contributed by atoms with Gasteiger partial charge in [0, 0.05) is 33.6 Å². The molecule has 5 aromatic carbocycles. The molecule has 4 unspecified atom stereocenters. The first-order valence-corrected chi connectivity index (χ1v) is 43.2. The van der Waals surface area contributed by atoms with Gasteiger partial charge < -0.3 is 59.3 Å². The van der Waals surface area contributed by atoms with E-state index >= 15 is 0 Å². The number of hydrogen-bond donors (Lipinski definition) is 10. The number of nitrogens with zero attached hydrogens (tertiary/aromatic N) is 3. The molecule has 0 saturated carbocycles. The Hall–Kier alpha value is -11.5. The zero-order valence-corrected chi connectivity index (χ0v) is 72.1. The quantitative estimate of drug-likeness (QED) is 0.0199. The summed E-state index contributed by atoms with van der Waals surface area (Å²) in [6, 6.07) is 35.9. The van der Waals surface area contributed by atoms with E-state index in [0.29, 0.717) is 127 Å². The Labute approximate surface area is 715 Å². The zero-order valence-electron chi connectivity index (χ0n) is 72.1. The number of fused-ring (bicyclic) bond motifs is 5. The van der Waals surface area contributed by atoms with Crippen molar-refractivity contribution in [3.63, 3.8) is 0 Å². The van der Waals surface area contributed by atoms with Gasteiger partial charge in [0.1, 0.15) is 40.7 Å². The van der Waals surface area contributed by atoms with E-state index in [4.69, 9.17) is 22.0 Å². The van der Waals surface area contributed by atoms with Gasteiger partial charge in [-0.25, -0.2) is 4.79 Å². The van der Waals surface area contributed by atoms with Gasteiger partial charge in [-0.3, -0.25) is 52.7 Å². The Morgan fingerprint density at radius 3 is 1.01 bits per heavy atom. The van der Waals surface area contributed by atoms with E-state index in [-0.39, 0.29) is 82.6 Å². The number of amides is 9. The van der Waals surface area contributed by atoms with E-state index in [2.05, 4.69) is 61.4 Å². The highest BCUT2D eigenvalue weighted by Gasteiger charge is 2.53. The summed E-state index contributed by atoms with van der Waals surface area (Å²) in [5.74, 6) is -3.73. The van der Waals surface area contributed by atoms with Gasteiger partial charge in [-0.15, -0.1) is 5.10 Å². The third-order valence-corrected chi connectivity index (χ3v) is 25.3. The number of anilines is 4. The number of nitrogens with one attached hydrogen (secondary N) is 7. The van der Waals surface area contributed by atoms with Crippen molar-refractivity contribution in [3.05, 3.63) is 192 Å². The first-order chi connectivity index (χ1) is 58.2. The molecule has 4 aliphatic carbocycles. The third-order valence-electron chi connectivity index (χ3n) is 25.3. The van der Waals surface area contributed by atoms with Crippen LogP contribution in [0.4, 0.5) is 22.7 Å². The number of hydrogen-bond acceptors (Lipinski definition) is 16. The Morgan fingerprint density at radius 1 is 0.402 bits per heavy atom. The summed E-state index contributed by atoms with van der Waals surface area (Å²) in [7, 11) is 0. The molecule has 4 aliphatic heterocycles. The second-order valence-corrected chi connectivity index (χ2v) is 35.6. The van der Waals surface area contributed by atoms with Crippen LogP contribution in [0, 0.1) is 69.0 Å². The van der Waals surface area contributed by atoms with E-state index < -0.39 is 81.2 Å². The number of ketones is 2. The van der Waals surface area contributed by atoms with Crippen molar-refractivity contribution < 1.29 is 62.4 Å². The molecule has 122 heavy (non-hydrogen) atoms. The lowest BCUT2D eigenvalue weighted by molar-refractivity contribution is -0.159. The van der Waals surface area contributed by atoms with Gasteiger partial charge in [0.05, 0.1) is 40.5 Å². The molecular weight excluding hydrogens is 1540 g/mol. The first-order valence-electron chi connectivity index (χ1n) is 43.2. The molecule has 1 aromatic heterocycles. The number of carbonyl (C=O) groups is 12. The average Bonchev–Trinajstić information content (AvgIpc) is 1.59. The molecule has 0 radical (unpaired) electrons. The number of Topliss-reactive ketones (excluding diaryl/α,β-unsaturated/α-hetero) is 2.